The first-order valence-corrected chi connectivity index (χ1v) is 8.34. The van der Waals surface area contributed by atoms with Crippen molar-refractivity contribution in [2.75, 3.05) is 18.9 Å². The second kappa shape index (κ2) is 7.19. The lowest BCUT2D eigenvalue weighted by molar-refractivity contribution is -0.194. The Bertz CT molecular complexity index is 932. The summed E-state index contributed by atoms with van der Waals surface area (Å²) >= 11 is 0. The number of nitrogens with one attached hydrogen (secondary N) is 1. The number of halogens is 1. The predicted molar refractivity (Wildman–Crippen MR) is 93.3 cm³/mol. The van der Waals surface area contributed by atoms with Crippen LogP contribution >= 0.6 is 0 Å². The minimum Gasteiger partial charge on any atom is -0.465 e. The molecule has 0 spiro atoms. The van der Waals surface area contributed by atoms with Crippen molar-refractivity contribution in [3.8, 4) is 12.3 Å². The number of aromatic nitrogens is 4. The minimum absolute atomic E-state index is 0.0103. The largest absolute Gasteiger partial charge is 0.465 e. The van der Waals surface area contributed by atoms with Crippen LogP contribution in [0.2, 0.25) is 0 Å². The molecule has 0 radical (unpaired) electrons. The number of imidazole rings is 1. The van der Waals surface area contributed by atoms with E-state index in [4.69, 9.17) is 22.0 Å². The van der Waals surface area contributed by atoms with Crippen molar-refractivity contribution in [3.63, 3.8) is 0 Å². The van der Waals surface area contributed by atoms with Crippen LogP contribution in [0.5, 0.6) is 0 Å². The highest BCUT2D eigenvalue weighted by molar-refractivity contribution is 5.81. The molecule has 4 atom stereocenters. The number of aliphatic hydroxyl groups excluding tert-OH is 1. The Morgan fingerprint density at radius 3 is 2.89 bits per heavy atom. The van der Waals surface area contributed by atoms with Crippen molar-refractivity contribution >= 4 is 23.1 Å². The number of ether oxygens (including phenoxy) is 1. The summed E-state index contributed by atoms with van der Waals surface area (Å²) in [5, 5.41) is 31.5. The monoisotopic (exact) mass is 394 g/mol. The first-order chi connectivity index (χ1) is 13.3. The van der Waals surface area contributed by atoms with Gasteiger partial charge >= 0.3 is 6.09 Å². The van der Waals surface area contributed by atoms with Crippen molar-refractivity contribution < 1.29 is 29.2 Å². The van der Waals surface area contributed by atoms with Crippen LogP contribution in [0.4, 0.5) is 15.0 Å². The zero-order valence-electron chi connectivity index (χ0n) is 14.6. The van der Waals surface area contributed by atoms with Crippen LogP contribution in [0.1, 0.15) is 19.1 Å². The number of alkyl halides is 1. The fourth-order valence-electron chi connectivity index (χ4n) is 3.43. The van der Waals surface area contributed by atoms with Crippen LogP contribution in [-0.4, -0.2) is 65.5 Å². The van der Waals surface area contributed by atoms with Gasteiger partial charge in [0.05, 0.1) is 12.2 Å². The third-order valence-corrected chi connectivity index (χ3v) is 4.77. The van der Waals surface area contributed by atoms with Gasteiger partial charge in [0.15, 0.2) is 23.3 Å². The number of hydrogen-bond acceptors (Lipinski definition) is 8. The average Bonchev–Trinajstić information content (AvgIpc) is 3.18. The minimum atomic E-state index is -2.66. The number of hydrogen-bond donors (Lipinski definition) is 5. The van der Waals surface area contributed by atoms with Gasteiger partial charge in [-0.15, -0.1) is 6.42 Å². The Kier molecular flexibility index (Phi) is 5.07. The number of nitrogen functional groups attached to an aromatic ring is 1. The Balaban J connectivity index is 1.97. The van der Waals surface area contributed by atoms with E-state index in [1.54, 1.807) is 0 Å². The maximum absolute atomic E-state index is 15.3. The van der Waals surface area contributed by atoms with Gasteiger partial charge in [-0.1, -0.05) is 5.92 Å². The summed E-state index contributed by atoms with van der Waals surface area (Å²) in [6, 6.07) is 0. The summed E-state index contributed by atoms with van der Waals surface area (Å²) in [7, 11) is 0. The Morgan fingerprint density at radius 1 is 1.50 bits per heavy atom. The van der Waals surface area contributed by atoms with Gasteiger partial charge in [-0.2, -0.15) is 0 Å². The SMILES string of the molecule is C#C[C@]1(O)[C@H](n2cnc3c(N)ncnc32)O[C@@](F)(CO)[C@H]1CCCNC(=O)O. The van der Waals surface area contributed by atoms with E-state index >= 15 is 4.39 Å². The number of nitrogens with two attached hydrogens (primary N) is 1. The highest BCUT2D eigenvalue weighted by Crippen LogP contribution is 2.51. The zero-order chi connectivity index (χ0) is 20.5. The van der Waals surface area contributed by atoms with Crippen LogP contribution in [0.25, 0.3) is 11.2 Å². The standard InChI is InChI=1S/C16H19FN6O5/c1-2-15(27)9(4-3-5-19-14(25)26)16(17,6-24)28-13(15)23-8-22-10-11(18)20-7-21-12(10)23/h1,7-9,13,19,24,27H,3-6H2,(H,25,26)(H2,18,20,21)/t9-,13+,15+,16-/m0/s1. The van der Waals surface area contributed by atoms with Gasteiger partial charge in [0, 0.05) is 6.54 Å². The lowest BCUT2D eigenvalue weighted by atomic mass is 9.81. The number of aliphatic hydroxyl groups is 2. The van der Waals surface area contributed by atoms with Crippen molar-refractivity contribution in [1.82, 2.24) is 24.8 Å². The summed E-state index contributed by atoms with van der Waals surface area (Å²) in [5.41, 5.74) is 3.95. The Morgan fingerprint density at radius 2 is 2.25 bits per heavy atom. The van der Waals surface area contributed by atoms with E-state index in [0.29, 0.717) is 0 Å². The molecule has 1 amide bonds. The first-order valence-electron chi connectivity index (χ1n) is 8.34. The van der Waals surface area contributed by atoms with E-state index in [-0.39, 0.29) is 36.4 Å². The summed E-state index contributed by atoms with van der Waals surface area (Å²) in [4.78, 5) is 22.4. The van der Waals surface area contributed by atoms with Crippen LogP contribution in [0.15, 0.2) is 12.7 Å². The molecule has 1 fully saturated rings. The van der Waals surface area contributed by atoms with E-state index in [2.05, 4.69) is 26.2 Å². The molecular weight excluding hydrogens is 375 g/mol. The summed E-state index contributed by atoms with van der Waals surface area (Å²) in [5.74, 6) is -1.76. The quantitative estimate of drug-likeness (QED) is 0.324. The molecule has 0 saturated carbocycles. The molecule has 11 nitrogen and oxygen atoms in total. The van der Waals surface area contributed by atoms with Gasteiger partial charge in [-0.25, -0.2) is 24.1 Å². The molecule has 0 aromatic carbocycles. The number of nitrogens with zero attached hydrogens (tertiary/aromatic N) is 4. The molecule has 3 rings (SSSR count). The molecule has 0 unspecified atom stereocenters. The third kappa shape index (κ3) is 3.09. The van der Waals surface area contributed by atoms with Crippen LogP contribution < -0.4 is 11.1 Å². The molecule has 0 bridgehead atoms. The van der Waals surface area contributed by atoms with E-state index in [1.807, 2.05) is 0 Å². The molecule has 1 aliphatic heterocycles. The molecule has 6 N–H and O–H groups in total. The van der Waals surface area contributed by atoms with Gasteiger partial charge < -0.3 is 31.1 Å². The van der Waals surface area contributed by atoms with Gasteiger partial charge in [0.1, 0.15) is 18.5 Å². The highest BCUT2D eigenvalue weighted by Gasteiger charge is 2.64. The maximum atomic E-state index is 15.3. The smallest absolute Gasteiger partial charge is 0.404 e. The average molecular weight is 394 g/mol. The Labute approximate surface area is 158 Å². The van der Waals surface area contributed by atoms with Crippen molar-refractivity contribution in [1.29, 1.82) is 0 Å². The fourth-order valence-corrected chi connectivity index (χ4v) is 3.43. The maximum Gasteiger partial charge on any atom is 0.404 e. The normalized spacial score (nSPS) is 29.6. The van der Waals surface area contributed by atoms with E-state index in [0.717, 1.165) is 0 Å². The third-order valence-electron chi connectivity index (χ3n) is 4.77. The molecule has 150 valence electrons. The van der Waals surface area contributed by atoms with Crippen molar-refractivity contribution in [2.45, 2.75) is 30.5 Å². The molecule has 1 aliphatic rings. The molecular formula is C16H19FN6O5. The predicted octanol–water partition coefficient (Wildman–Crippen LogP) is -0.376. The lowest BCUT2D eigenvalue weighted by Crippen LogP contribution is -2.45. The van der Waals surface area contributed by atoms with Crippen LogP contribution in [-0.2, 0) is 4.74 Å². The van der Waals surface area contributed by atoms with Gasteiger partial charge in [-0.05, 0) is 12.8 Å². The number of terminal acetylenes is 1. The molecule has 2 aromatic heterocycles. The molecule has 0 aliphatic carbocycles. The van der Waals surface area contributed by atoms with Crippen LogP contribution in [0, 0.1) is 18.3 Å². The fraction of sp³-hybridized carbons (Fsp3) is 0.500. The van der Waals surface area contributed by atoms with Gasteiger partial charge in [0.2, 0.25) is 5.85 Å². The summed E-state index contributed by atoms with van der Waals surface area (Å²) < 4.78 is 21.9. The number of carbonyl (C=O) groups is 1. The Hall–Kier alpha value is -3.01. The van der Waals surface area contributed by atoms with Crippen molar-refractivity contribution in [3.05, 3.63) is 12.7 Å². The molecule has 1 saturated heterocycles. The topological polar surface area (TPSA) is 169 Å². The highest BCUT2D eigenvalue weighted by atomic mass is 19.2. The van der Waals surface area contributed by atoms with Crippen molar-refractivity contribution in [2.24, 2.45) is 5.92 Å². The van der Waals surface area contributed by atoms with Crippen LogP contribution in [0.3, 0.4) is 0 Å². The molecule has 3 heterocycles. The number of carboxylic acid groups (broad SMARTS) is 1. The lowest BCUT2D eigenvalue weighted by Gasteiger charge is -2.30. The first kappa shape index (κ1) is 19.7. The number of anilines is 1. The zero-order valence-corrected chi connectivity index (χ0v) is 14.6. The summed E-state index contributed by atoms with van der Waals surface area (Å²) in [6.07, 6.45) is 5.34. The molecule has 28 heavy (non-hydrogen) atoms. The number of amides is 1. The second-order valence-corrected chi connectivity index (χ2v) is 6.39. The molecule has 12 heteroatoms. The second-order valence-electron chi connectivity index (χ2n) is 6.39. The summed E-state index contributed by atoms with van der Waals surface area (Å²) in [6.45, 7) is -1.05. The van der Waals surface area contributed by atoms with Gasteiger partial charge in [-0.3, -0.25) is 4.57 Å². The van der Waals surface area contributed by atoms with Gasteiger partial charge in [0.25, 0.3) is 0 Å². The molecule has 2 aromatic rings. The van der Waals surface area contributed by atoms with E-state index < -0.39 is 36.3 Å². The van der Waals surface area contributed by atoms with E-state index in [1.165, 1.54) is 17.2 Å². The van der Waals surface area contributed by atoms with E-state index in [9.17, 15) is 15.0 Å². The number of rotatable bonds is 6. The number of fused-ring (bicyclic) bond motifs is 1.